The van der Waals surface area contributed by atoms with Crippen LogP contribution in [0.15, 0.2) is 41.3 Å². The van der Waals surface area contributed by atoms with Gasteiger partial charge < -0.3 is 9.84 Å². The monoisotopic (exact) mass is 411 g/mol. The van der Waals surface area contributed by atoms with Gasteiger partial charge in [0.1, 0.15) is 23.1 Å². The minimum atomic E-state index is -1.02. The number of ether oxygens (including phenoxy) is 1. The van der Waals surface area contributed by atoms with Gasteiger partial charge in [-0.25, -0.2) is 4.79 Å². The summed E-state index contributed by atoms with van der Waals surface area (Å²) in [5.41, 5.74) is 0.589. The molecular formula is C15H10INO3S. The molecule has 106 valence electrons. The minimum Gasteiger partial charge on any atom is -0.478 e. The van der Waals surface area contributed by atoms with Crippen molar-refractivity contribution in [3.05, 3.63) is 51.1 Å². The summed E-state index contributed by atoms with van der Waals surface area (Å²) in [6.07, 6.45) is 1.88. The smallest absolute Gasteiger partial charge is 0.335 e. The van der Waals surface area contributed by atoms with Crippen molar-refractivity contribution in [2.24, 2.45) is 0 Å². The van der Waals surface area contributed by atoms with Crippen molar-refractivity contribution in [3.8, 4) is 17.6 Å². The summed E-state index contributed by atoms with van der Waals surface area (Å²) < 4.78 is 6.53. The fourth-order valence-electron chi connectivity index (χ4n) is 1.71. The van der Waals surface area contributed by atoms with Gasteiger partial charge in [-0.1, -0.05) is 6.07 Å². The molecule has 4 nitrogen and oxygen atoms in total. The van der Waals surface area contributed by atoms with E-state index in [0.29, 0.717) is 17.1 Å². The highest BCUT2D eigenvalue weighted by Crippen LogP contribution is 2.33. The maximum Gasteiger partial charge on any atom is 0.335 e. The largest absolute Gasteiger partial charge is 0.478 e. The van der Waals surface area contributed by atoms with Gasteiger partial charge in [0, 0.05) is 4.90 Å². The van der Waals surface area contributed by atoms with Gasteiger partial charge in [-0.3, -0.25) is 0 Å². The Labute approximate surface area is 139 Å². The van der Waals surface area contributed by atoms with Crippen LogP contribution >= 0.6 is 34.4 Å². The Bertz CT molecular complexity index is 740. The third-order valence-electron chi connectivity index (χ3n) is 2.72. The first-order valence-electron chi connectivity index (χ1n) is 5.84. The molecule has 0 fully saturated rings. The van der Waals surface area contributed by atoms with E-state index >= 15 is 0 Å². The zero-order valence-electron chi connectivity index (χ0n) is 11.0. The highest BCUT2D eigenvalue weighted by Gasteiger charge is 2.13. The normalized spacial score (nSPS) is 9.95. The summed E-state index contributed by atoms with van der Waals surface area (Å²) in [5, 5.41) is 18.3. The average molecular weight is 411 g/mol. The molecule has 0 amide bonds. The molecule has 2 aromatic rings. The predicted octanol–water partition coefficient (Wildman–Crippen LogP) is 4.38. The van der Waals surface area contributed by atoms with Crippen molar-refractivity contribution < 1.29 is 14.6 Å². The Morgan fingerprint density at radius 1 is 1.33 bits per heavy atom. The number of halogens is 1. The second-order valence-corrected chi connectivity index (χ2v) is 6.01. The van der Waals surface area contributed by atoms with E-state index < -0.39 is 5.97 Å². The number of carboxylic acids is 1. The Morgan fingerprint density at radius 3 is 2.71 bits per heavy atom. The number of nitrogens with zero attached hydrogens (tertiary/aromatic N) is 1. The number of rotatable bonds is 4. The second-order valence-electron chi connectivity index (χ2n) is 4.00. The van der Waals surface area contributed by atoms with Crippen molar-refractivity contribution in [1.29, 1.82) is 5.26 Å². The van der Waals surface area contributed by atoms with Gasteiger partial charge in [-0.2, -0.15) is 5.26 Å². The second kappa shape index (κ2) is 6.83. The number of carboxylic acid groups (broad SMARTS) is 1. The molecule has 0 radical (unpaired) electrons. The van der Waals surface area contributed by atoms with E-state index in [9.17, 15) is 10.1 Å². The maximum absolute atomic E-state index is 11.0. The number of carbonyl (C=O) groups is 1. The third-order valence-corrected chi connectivity index (χ3v) is 4.39. The van der Waals surface area contributed by atoms with Crippen molar-refractivity contribution >= 4 is 40.3 Å². The molecule has 1 N–H and O–H groups in total. The maximum atomic E-state index is 11.0. The van der Waals surface area contributed by atoms with Crippen LogP contribution in [0.2, 0.25) is 0 Å². The van der Waals surface area contributed by atoms with E-state index in [1.165, 1.54) is 23.9 Å². The van der Waals surface area contributed by atoms with Crippen LogP contribution in [0.3, 0.4) is 0 Å². The van der Waals surface area contributed by atoms with Crippen molar-refractivity contribution in [2.45, 2.75) is 4.90 Å². The van der Waals surface area contributed by atoms with Crippen LogP contribution in [0.5, 0.6) is 11.5 Å². The Kier molecular flexibility index (Phi) is 5.09. The van der Waals surface area contributed by atoms with Crippen LogP contribution < -0.4 is 4.74 Å². The van der Waals surface area contributed by atoms with Crippen LogP contribution in [-0.2, 0) is 0 Å². The lowest BCUT2D eigenvalue weighted by Gasteiger charge is -2.11. The quantitative estimate of drug-likeness (QED) is 0.598. The fraction of sp³-hybridized carbons (Fsp3) is 0.0667. The lowest BCUT2D eigenvalue weighted by atomic mass is 10.2. The number of hydrogen-bond acceptors (Lipinski definition) is 4. The van der Waals surface area contributed by atoms with Gasteiger partial charge >= 0.3 is 5.97 Å². The molecular weight excluding hydrogens is 401 g/mol. The third kappa shape index (κ3) is 3.49. The average Bonchev–Trinajstić information content (AvgIpc) is 2.48. The fourth-order valence-corrected chi connectivity index (χ4v) is 2.72. The zero-order valence-corrected chi connectivity index (χ0v) is 13.9. The molecule has 0 aliphatic heterocycles. The number of aromatic carboxylic acids is 1. The van der Waals surface area contributed by atoms with Gasteiger partial charge in [-0.15, -0.1) is 11.8 Å². The summed E-state index contributed by atoms with van der Waals surface area (Å²) in [6, 6.07) is 12.1. The van der Waals surface area contributed by atoms with Crippen molar-refractivity contribution in [3.63, 3.8) is 0 Å². The molecule has 0 aliphatic carbocycles. The Hall–Kier alpha value is -1.72. The molecule has 0 heterocycles. The predicted molar refractivity (Wildman–Crippen MR) is 89.1 cm³/mol. The van der Waals surface area contributed by atoms with Gasteiger partial charge in [0.15, 0.2) is 0 Å². The molecule has 2 rings (SSSR count). The minimum absolute atomic E-state index is 0.143. The Morgan fingerprint density at radius 2 is 2.10 bits per heavy atom. The van der Waals surface area contributed by atoms with Gasteiger partial charge in [-0.05, 0) is 59.2 Å². The standard InChI is InChI=1S/C15H10INO3S/c1-21-14-4-2-3-12(10(14)8-17)20-13-7-9(15(18)19)5-6-11(13)16/h2-7H,1H3,(H,18,19). The van der Waals surface area contributed by atoms with E-state index in [2.05, 4.69) is 28.7 Å². The molecule has 0 saturated carbocycles. The van der Waals surface area contributed by atoms with Crippen LogP contribution in [-0.4, -0.2) is 17.3 Å². The molecule has 0 spiro atoms. The Balaban J connectivity index is 2.46. The molecule has 0 unspecified atom stereocenters. The SMILES string of the molecule is CSc1cccc(Oc2cc(C(=O)O)ccc2I)c1C#N. The molecule has 2 aromatic carbocycles. The summed E-state index contributed by atoms with van der Waals surface area (Å²) in [7, 11) is 0. The molecule has 21 heavy (non-hydrogen) atoms. The lowest BCUT2D eigenvalue weighted by Crippen LogP contribution is -1.98. The molecule has 0 aliphatic rings. The first kappa shape index (κ1) is 15.7. The number of thioether (sulfide) groups is 1. The van der Waals surface area contributed by atoms with Crippen LogP contribution in [0.4, 0.5) is 0 Å². The van der Waals surface area contributed by atoms with E-state index in [4.69, 9.17) is 9.84 Å². The van der Waals surface area contributed by atoms with Crippen molar-refractivity contribution in [1.82, 2.24) is 0 Å². The van der Waals surface area contributed by atoms with E-state index in [1.807, 2.05) is 12.3 Å². The number of benzene rings is 2. The van der Waals surface area contributed by atoms with E-state index in [0.717, 1.165) is 8.47 Å². The van der Waals surface area contributed by atoms with Gasteiger partial charge in [0.05, 0.1) is 9.13 Å². The first-order valence-corrected chi connectivity index (χ1v) is 8.15. The highest BCUT2D eigenvalue weighted by molar-refractivity contribution is 14.1. The lowest BCUT2D eigenvalue weighted by molar-refractivity contribution is 0.0696. The van der Waals surface area contributed by atoms with Crippen LogP contribution in [0.25, 0.3) is 0 Å². The molecule has 0 aromatic heterocycles. The van der Waals surface area contributed by atoms with E-state index in [1.54, 1.807) is 18.2 Å². The van der Waals surface area contributed by atoms with Crippen molar-refractivity contribution in [2.75, 3.05) is 6.26 Å². The number of nitriles is 1. The molecule has 0 atom stereocenters. The molecule has 0 bridgehead atoms. The summed E-state index contributed by atoms with van der Waals surface area (Å²) in [6.45, 7) is 0. The summed E-state index contributed by atoms with van der Waals surface area (Å²) in [5.74, 6) is -0.176. The molecule has 0 saturated heterocycles. The van der Waals surface area contributed by atoms with Crippen LogP contribution in [0.1, 0.15) is 15.9 Å². The highest BCUT2D eigenvalue weighted by atomic mass is 127. The number of hydrogen-bond donors (Lipinski definition) is 1. The zero-order chi connectivity index (χ0) is 15.4. The summed E-state index contributed by atoms with van der Waals surface area (Å²) in [4.78, 5) is 11.8. The van der Waals surface area contributed by atoms with Crippen LogP contribution in [0, 0.1) is 14.9 Å². The van der Waals surface area contributed by atoms with Gasteiger partial charge in [0.2, 0.25) is 0 Å². The molecule has 6 heteroatoms. The first-order chi connectivity index (χ1) is 10.1. The van der Waals surface area contributed by atoms with E-state index in [-0.39, 0.29) is 5.56 Å². The topological polar surface area (TPSA) is 70.3 Å². The summed E-state index contributed by atoms with van der Waals surface area (Å²) >= 11 is 3.52. The van der Waals surface area contributed by atoms with Gasteiger partial charge in [0.25, 0.3) is 0 Å².